The monoisotopic (exact) mass is 329 g/mol. The third kappa shape index (κ3) is 2.77. The second-order valence-corrected chi connectivity index (χ2v) is 7.99. The highest BCUT2D eigenvalue weighted by molar-refractivity contribution is 7.89. The van der Waals surface area contributed by atoms with E-state index in [0.717, 1.165) is 32.4 Å². The van der Waals surface area contributed by atoms with E-state index in [2.05, 4.69) is 9.62 Å². The maximum Gasteiger partial charge on any atom is 0.241 e. The summed E-state index contributed by atoms with van der Waals surface area (Å²) in [4.78, 5) is 2.59. The molecule has 0 amide bonds. The number of fused-ring (bicyclic) bond motifs is 1. The fourth-order valence-corrected chi connectivity index (χ4v) is 5.22. The summed E-state index contributed by atoms with van der Waals surface area (Å²) < 4.78 is 28.1. The molecule has 0 bridgehead atoms. The average Bonchev–Trinajstić information content (AvgIpc) is 2.98. The Morgan fingerprint density at radius 2 is 2.10 bits per heavy atom. The van der Waals surface area contributed by atoms with Crippen molar-refractivity contribution in [2.24, 2.45) is 0 Å². The molecule has 3 N–H and O–H groups in total. The third-order valence-electron chi connectivity index (χ3n) is 4.50. The second kappa shape index (κ2) is 5.43. The van der Waals surface area contributed by atoms with Crippen LogP contribution in [0.2, 0.25) is 5.02 Å². The first kappa shape index (κ1) is 15.1. The Bertz CT molecular complexity index is 662. The van der Waals surface area contributed by atoms with Gasteiger partial charge in [-0.2, -0.15) is 0 Å². The Kier molecular flexibility index (Phi) is 3.90. The summed E-state index contributed by atoms with van der Waals surface area (Å²) in [6.07, 6.45) is 3.08. The Morgan fingerprint density at radius 3 is 2.86 bits per heavy atom. The van der Waals surface area contributed by atoms with E-state index in [1.807, 2.05) is 0 Å². The van der Waals surface area contributed by atoms with E-state index < -0.39 is 10.0 Å². The van der Waals surface area contributed by atoms with Crippen molar-refractivity contribution in [2.45, 2.75) is 43.2 Å². The molecule has 0 aromatic heterocycles. The highest BCUT2D eigenvalue weighted by atomic mass is 35.5. The van der Waals surface area contributed by atoms with Crippen molar-refractivity contribution in [3.8, 4) is 0 Å². The minimum absolute atomic E-state index is 0.00574. The van der Waals surface area contributed by atoms with Gasteiger partial charge >= 0.3 is 0 Å². The molecule has 0 saturated carbocycles. The van der Waals surface area contributed by atoms with E-state index in [0.29, 0.717) is 16.6 Å². The lowest BCUT2D eigenvalue weighted by Gasteiger charge is -2.21. The van der Waals surface area contributed by atoms with Crippen molar-refractivity contribution in [3.05, 3.63) is 22.7 Å². The van der Waals surface area contributed by atoms with E-state index in [9.17, 15) is 8.42 Å². The number of nitrogen functional groups attached to an aromatic ring is 1. The van der Waals surface area contributed by atoms with Crippen LogP contribution in [0.4, 0.5) is 5.69 Å². The van der Waals surface area contributed by atoms with Crippen LogP contribution in [0.1, 0.15) is 24.8 Å². The smallest absolute Gasteiger partial charge is 0.241 e. The molecule has 1 aromatic carbocycles. The number of hydrogen-bond donors (Lipinski definition) is 2. The van der Waals surface area contributed by atoms with Gasteiger partial charge in [0.05, 0.1) is 15.6 Å². The van der Waals surface area contributed by atoms with Crippen LogP contribution in [0, 0.1) is 6.92 Å². The van der Waals surface area contributed by atoms with E-state index in [-0.39, 0.29) is 16.6 Å². The number of hydrogen-bond acceptors (Lipinski definition) is 4. The molecule has 2 unspecified atom stereocenters. The predicted molar refractivity (Wildman–Crippen MR) is 83.9 cm³/mol. The lowest BCUT2D eigenvalue weighted by atomic mass is 10.1. The van der Waals surface area contributed by atoms with Gasteiger partial charge in [-0.15, -0.1) is 0 Å². The molecule has 0 radical (unpaired) electrons. The van der Waals surface area contributed by atoms with Gasteiger partial charge in [0.1, 0.15) is 0 Å². The maximum absolute atomic E-state index is 12.6. The first-order valence-corrected chi connectivity index (χ1v) is 9.06. The summed E-state index contributed by atoms with van der Waals surface area (Å²) in [5.41, 5.74) is 6.65. The van der Waals surface area contributed by atoms with Crippen LogP contribution in [-0.2, 0) is 10.0 Å². The third-order valence-corrected chi connectivity index (χ3v) is 6.46. The first-order chi connectivity index (χ1) is 9.88. The molecule has 2 aliphatic rings. The highest BCUT2D eigenvalue weighted by Gasteiger charge is 2.39. The van der Waals surface area contributed by atoms with Gasteiger partial charge in [-0.1, -0.05) is 11.6 Å². The second-order valence-electron chi connectivity index (χ2n) is 5.90. The summed E-state index contributed by atoms with van der Waals surface area (Å²) in [6, 6.07) is 3.38. The summed E-state index contributed by atoms with van der Waals surface area (Å²) in [6.45, 7) is 3.78. The van der Waals surface area contributed by atoms with E-state index in [4.69, 9.17) is 17.3 Å². The van der Waals surface area contributed by atoms with Crippen LogP contribution < -0.4 is 10.5 Å². The van der Waals surface area contributed by atoms with Crippen molar-refractivity contribution in [1.82, 2.24) is 9.62 Å². The number of benzene rings is 1. The molecular weight excluding hydrogens is 310 g/mol. The molecule has 116 valence electrons. The number of nitrogens with one attached hydrogen (secondary N) is 1. The van der Waals surface area contributed by atoms with Crippen molar-refractivity contribution < 1.29 is 8.42 Å². The van der Waals surface area contributed by atoms with Crippen LogP contribution in [0.25, 0.3) is 0 Å². The molecule has 1 aromatic rings. The molecule has 7 heteroatoms. The van der Waals surface area contributed by atoms with Crippen molar-refractivity contribution in [1.29, 1.82) is 0 Å². The van der Waals surface area contributed by atoms with Crippen molar-refractivity contribution >= 4 is 27.3 Å². The lowest BCUT2D eigenvalue weighted by Crippen LogP contribution is -2.42. The number of aryl methyl sites for hydroxylation is 1. The molecule has 0 aliphatic carbocycles. The Labute approximate surface area is 130 Å². The molecule has 2 atom stereocenters. The number of nitrogens with two attached hydrogens (primary N) is 1. The Hall–Kier alpha value is -0.820. The van der Waals surface area contributed by atoms with Gasteiger partial charge in [0, 0.05) is 18.6 Å². The molecule has 2 aliphatic heterocycles. The molecule has 21 heavy (non-hydrogen) atoms. The minimum Gasteiger partial charge on any atom is -0.397 e. The van der Waals surface area contributed by atoms with E-state index in [1.54, 1.807) is 13.0 Å². The van der Waals surface area contributed by atoms with Gasteiger partial charge in [-0.25, -0.2) is 13.1 Å². The van der Waals surface area contributed by atoms with Gasteiger partial charge in [0.2, 0.25) is 10.0 Å². The SMILES string of the molecule is Cc1cc(Cl)c(N)cc1S(=O)(=O)NC1CCN2CCCC12. The molecule has 2 heterocycles. The quantitative estimate of drug-likeness (QED) is 0.828. The van der Waals surface area contributed by atoms with Gasteiger partial charge < -0.3 is 5.73 Å². The van der Waals surface area contributed by atoms with Crippen molar-refractivity contribution in [3.63, 3.8) is 0 Å². The fraction of sp³-hybridized carbons (Fsp3) is 0.571. The molecular formula is C14H20ClN3O2S. The van der Waals surface area contributed by atoms with Gasteiger partial charge in [0.15, 0.2) is 0 Å². The molecule has 2 saturated heterocycles. The van der Waals surface area contributed by atoms with Crippen LogP contribution >= 0.6 is 11.6 Å². The van der Waals surface area contributed by atoms with Crippen LogP contribution in [0.15, 0.2) is 17.0 Å². The maximum atomic E-state index is 12.6. The topological polar surface area (TPSA) is 75.4 Å². The normalized spacial score (nSPS) is 26.2. The van der Waals surface area contributed by atoms with Gasteiger partial charge in [-0.05, 0) is 50.4 Å². The zero-order chi connectivity index (χ0) is 15.2. The zero-order valence-corrected chi connectivity index (χ0v) is 13.5. The molecule has 3 rings (SSSR count). The number of anilines is 1. The van der Waals surface area contributed by atoms with Gasteiger partial charge in [0.25, 0.3) is 0 Å². The average molecular weight is 330 g/mol. The summed E-state index contributed by atoms with van der Waals surface area (Å²) >= 11 is 5.93. The van der Waals surface area contributed by atoms with Crippen LogP contribution in [0.3, 0.4) is 0 Å². The predicted octanol–water partition coefficient (Wildman–Crippen LogP) is 1.75. The van der Waals surface area contributed by atoms with E-state index >= 15 is 0 Å². The highest BCUT2D eigenvalue weighted by Crippen LogP contribution is 2.30. The zero-order valence-electron chi connectivity index (χ0n) is 12.0. The Morgan fingerprint density at radius 1 is 1.33 bits per heavy atom. The van der Waals surface area contributed by atoms with Crippen LogP contribution in [-0.4, -0.2) is 38.5 Å². The fourth-order valence-electron chi connectivity index (χ4n) is 3.44. The molecule has 0 spiro atoms. The largest absolute Gasteiger partial charge is 0.397 e. The minimum atomic E-state index is -3.57. The number of sulfonamides is 1. The molecule has 2 fully saturated rings. The number of halogens is 1. The van der Waals surface area contributed by atoms with E-state index in [1.165, 1.54) is 6.07 Å². The first-order valence-electron chi connectivity index (χ1n) is 7.20. The van der Waals surface area contributed by atoms with Crippen LogP contribution in [0.5, 0.6) is 0 Å². The lowest BCUT2D eigenvalue weighted by molar-refractivity contribution is 0.309. The Balaban J connectivity index is 1.86. The standard InChI is InChI=1S/C14H20ClN3O2S/c1-9-7-10(15)11(16)8-14(9)21(19,20)17-12-4-6-18-5-2-3-13(12)18/h7-8,12-13,17H,2-6,16H2,1H3. The van der Waals surface area contributed by atoms with Gasteiger partial charge in [-0.3, -0.25) is 4.90 Å². The number of nitrogens with zero attached hydrogens (tertiary/aromatic N) is 1. The van der Waals surface area contributed by atoms with Crippen molar-refractivity contribution in [2.75, 3.05) is 18.8 Å². The summed E-state index contributed by atoms with van der Waals surface area (Å²) in [5.74, 6) is 0. The summed E-state index contributed by atoms with van der Waals surface area (Å²) in [7, 11) is -3.57. The molecule has 5 nitrogen and oxygen atoms in total. The number of rotatable bonds is 3. The summed E-state index contributed by atoms with van der Waals surface area (Å²) in [5, 5.41) is 0.384.